The standard InChI is InChI=1S/C24H30B2N4O3/c1-24(32,16-31)19-6-5-11-29(14-19)13-18-10-9-17(12-22(18)33-23(25)26)21(27)15-30(28)20-7-3-2-4-8-20/h2-4,6-10,12,15,23,31-32H,5,11,13-14,16,27-28H2,1H3/b21-15-/t24-/m1/s1. The molecule has 1 heterocycles. The number of rotatable bonds is 9. The van der Waals surface area contributed by atoms with E-state index in [0.29, 0.717) is 30.1 Å². The first-order chi connectivity index (χ1) is 15.7. The fourth-order valence-corrected chi connectivity index (χ4v) is 3.69. The molecule has 0 saturated heterocycles. The van der Waals surface area contributed by atoms with Crippen molar-refractivity contribution in [3.8, 4) is 5.75 Å². The number of para-hydroxylation sites is 1. The first-order valence-electron chi connectivity index (χ1n) is 10.8. The zero-order valence-electron chi connectivity index (χ0n) is 18.9. The molecule has 0 aliphatic carbocycles. The van der Waals surface area contributed by atoms with Crippen LogP contribution in [0.1, 0.15) is 24.5 Å². The van der Waals surface area contributed by atoms with Crippen LogP contribution in [0.2, 0.25) is 0 Å². The predicted molar refractivity (Wildman–Crippen MR) is 133 cm³/mol. The van der Waals surface area contributed by atoms with Crippen molar-refractivity contribution in [1.29, 1.82) is 0 Å². The molecule has 1 aliphatic heterocycles. The number of hydrogen-bond donors (Lipinski definition) is 4. The summed E-state index contributed by atoms with van der Waals surface area (Å²) in [5.41, 5.74) is 8.69. The fraction of sp³-hybridized carbons (Fsp3) is 0.333. The summed E-state index contributed by atoms with van der Waals surface area (Å²) in [7, 11) is 11.4. The maximum atomic E-state index is 10.4. The Labute approximate surface area is 198 Å². The molecule has 1 aliphatic rings. The average Bonchev–Trinajstić information content (AvgIpc) is 2.80. The minimum absolute atomic E-state index is 0.329. The van der Waals surface area contributed by atoms with Gasteiger partial charge in [0.1, 0.15) is 27.0 Å². The molecule has 0 aromatic heterocycles. The quantitative estimate of drug-likeness (QED) is 0.199. The van der Waals surface area contributed by atoms with Gasteiger partial charge in [-0.2, -0.15) is 0 Å². The highest BCUT2D eigenvalue weighted by atomic mass is 16.5. The molecular formula is C24H30B2N4O3. The van der Waals surface area contributed by atoms with E-state index in [1.54, 1.807) is 19.2 Å². The Morgan fingerprint density at radius 3 is 2.67 bits per heavy atom. The van der Waals surface area contributed by atoms with Gasteiger partial charge in [0.25, 0.3) is 0 Å². The number of aliphatic hydroxyl groups excluding tert-OH is 1. The van der Waals surface area contributed by atoms with E-state index in [-0.39, 0.29) is 6.61 Å². The lowest BCUT2D eigenvalue weighted by molar-refractivity contribution is 0.0247. The largest absolute Gasteiger partial charge is 0.510 e. The first-order valence-corrected chi connectivity index (χ1v) is 10.8. The summed E-state index contributed by atoms with van der Waals surface area (Å²) in [6, 6.07) is 15.0. The number of anilines is 1. The molecule has 6 N–H and O–H groups in total. The second-order valence-corrected chi connectivity index (χ2v) is 8.39. The molecule has 1 atom stereocenters. The number of benzene rings is 2. The minimum Gasteiger partial charge on any atom is -0.510 e. The molecule has 7 nitrogen and oxygen atoms in total. The molecular weight excluding hydrogens is 414 g/mol. The van der Waals surface area contributed by atoms with Crippen LogP contribution in [0.3, 0.4) is 0 Å². The molecule has 0 unspecified atom stereocenters. The molecule has 0 fully saturated rings. The summed E-state index contributed by atoms with van der Waals surface area (Å²) in [4.78, 5) is 2.17. The Bertz CT molecular complexity index is 996. The molecule has 2 aromatic carbocycles. The van der Waals surface area contributed by atoms with Crippen molar-refractivity contribution in [2.24, 2.45) is 11.6 Å². The molecule has 0 bridgehead atoms. The van der Waals surface area contributed by atoms with Crippen LogP contribution in [0, 0.1) is 0 Å². The number of nitrogens with zero attached hydrogens (tertiary/aromatic N) is 2. The van der Waals surface area contributed by atoms with Gasteiger partial charge in [0, 0.05) is 42.9 Å². The van der Waals surface area contributed by atoms with Gasteiger partial charge < -0.3 is 20.7 Å². The lowest BCUT2D eigenvalue weighted by atomic mass is 9.82. The van der Waals surface area contributed by atoms with Gasteiger partial charge in [-0.25, -0.2) is 5.84 Å². The van der Waals surface area contributed by atoms with Crippen LogP contribution in [0.5, 0.6) is 5.75 Å². The summed E-state index contributed by atoms with van der Waals surface area (Å²) < 4.78 is 5.68. The summed E-state index contributed by atoms with van der Waals surface area (Å²) in [5, 5.41) is 21.4. The van der Waals surface area contributed by atoms with Gasteiger partial charge in [-0.3, -0.25) is 9.91 Å². The Morgan fingerprint density at radius 1 is 1.27 bits per heavy atom. The van der Waals surface area contributed by atoms with Crippen LogP contribution in [-0.2, 0) is 6.54 Å². The van der Waals surface area contributed by atoms with E-state index in [4.69, 9.17) is 32.0 Å². The Kier molecular flexibility index (Phi) is 8.26. The van der Waals surface area contributed by atoms with Crippen LogP contribution in [-0.4, -0.2) is 62.0 Å². The van der Waals surface area contributed by atoms with Gasteiger partial charge in [-0.15, -0.1) is 0 Å². The summed E-state index contributed by atoms with van der Waals surface area (Å²) >= 11 is 0. The number of aliphatic hydroxyl groups is 2. The number of hydrogen-bond acceptors (Lipinski definition) is 7. The second kappa shape index (κ2) is 10.9. The molecule has 0 spiro atoms. The zero-order chi connectivity index (χ0) is 24.0. The average molecular weight is 444 g/mol. The van der Waals surface area contributed by atoms with E-state index in [1.807, 2.05) is 48.5 Å². The third-order valence-electron chi connectivity index (χ3n) is 5.62. The van der Waals surface area contributed by atoms with Crippen molar-refractivity contribution in [2.45, 2.75) is 31.4 Å². The number of hydrazine groups is 1. The van der Waals surface area contributed by atoms with Gasteiger partial charge in [0.2, 0.25) is 0 Å². The third-order valence-corrected chi connectivity index (χ3v) is 5.62. The van der Waals surface area contributed by atoms with Crippen LogP contribution < -0.4 is 21.3 Å². The van der Waals surface area contributed by atoms with Crippen molar-refractivity contribution in [3.05, 3.63) is 77.5 Å². The Balaban J connectivity index is 1.81. The van der Waals surface area contributed by atoms with Crippen molar-refractivity contribution in [3.63, 3.8) is 0 Å². The second-order valence-electron chi connectivity index (χ2n) is 8.39. The van der Waals surface area contributed by atoms with E-state index >= 15 is 0 Å². The molecule has 9 heteroatoms. The summed E-state index contributed by atoms with van der Waals surface area (Å²) in [5.74, 6) is 5.65. The number of nitrogens with two attached hydrogens (primary N) is 2. The van der Waals surface area contributed by atoms with Crippen LogP contribution >= 0.6 is 0 Å². The Hall–Kier alpha value is -2.71. The monoisotopic (exact) mass is 444 g/mol. The number of ether oxygens (including phenoxy) is 1. The summed E-state index contributed by atoms with van der Waals surface area (Å²) in [6.07, 6.45) is 4.40. The van der Waals surface area contributed by atoms with Gasteiger partial charge in [-0.05, 0) is 37.1 Å². The van der Waals surface area contributed by atoms with E-state index in [9.17, 15) is 10.2 Å². The molecule has 0 saturated carbocycles. The molecule has 2 aromatic rings. The van der Waals surface area contributed by atoms with Crippen LogP contribution in [0.4, 0.5) is 5.69 Å². The molecule has 33 heavy (non-hydrogen) atoms. The van der Waals surface area contributed by atoms with Crippen LogP contribution in [0.25, 0.3) is 5.70 Å². The van der Waals surface area contributed by atoms with Gasteiger partial charge in [0.15, 0.2) is 0 Å². The fourth-order valence-electron chi connectivity index (χ4n) is 3.69. The van der Waals surface area contributed by atoms with Crippen molar-refractivity contribution in [2.75, 3.05) is 24.7 Å². The first kappa shape index (κ1) is 24.9. The lowest BCUT2D eigenvalue weighted by Crippen LogP contribution is -2.40. The molecule has 170 valence electrons. The van der Waals surface area contributed by atoms with Gasteiger partial charge in [0.05, 0.1) is 18.0 Å². The van der Waals surface area contributed by atoms with Crippen LogP contribution in [0.15, 0.2) is 66.4 Å². The third kappa shape index (κ3) is 6.65. The maximum absolute atomic E-state index is 10.4. The van der Waals surface area contributed by atoms with E-state index in [2.05, 4.69) is 4.90 Å². The Morgan fingerprint density at radius 2 is 2.00 bits per heavy atom. The maximum Gasteiger partial charge on any atom is 0.122 e. The normalized spacial score (nSPS) is 16.9. The topological polar surface area (TPSA) is 108 Å². The molecule has 3 rings (SSSR count). The van der Waals surface area contributed by atoms with Crippen molar-refractivity contribution in [1.82, 2.24) is 4.90 Å². The van der Waals surface area contributed by atoms with Gasteiger partial charge >= 0.3 is 0 Å². The lowest BCUT2D eigenvalue weighted by Gasteiger charge is -2.34. The zero-order valence-corrected chi connectivity index (χ0v) is 18.9. The van der Waals surface area contributed by atoms with E-state index in [1.165, 1.54) is 5.01 Å². The highest BCUT2D eigenvalue weighted by molar-refractivity contribution is 6.34. The smallest absolute Gasteiger partial charge is 0.122 e. The van der Waals surface area contributed by atoms with E-state index in [0.717, 1.165) is 29.8 Å². The highest BCUT2D eigenvalue weighted by Gasteiger charge is 2.28. The SMILES string of the molecule is [B]C([B])Oc1cc(/C(N)=C/N(N)c2ccccc2)ccc1CN1CCC=C([C@](C)(O)CO)C1. The highest BCUT2D eigenvalue weighted by Crippen LogP contribution is 2.28. The molecule has 4 radical (unpaired) electrons. The predicted octanol–water partition coefficient (Wildman–Crippen LogP) is 1.20. The summed E-state index contributed by atoms with van der Waals surface area (Å²) in [6.45, 7) is 3.18. The van der Waals surface area contributed by atoms with Crippen molar-refractivity contribution >= 4 is 27.1 Å². The minimum atomic E-state index is -1.24. The van der Waals surface area contributed by atoms with Crippen molar-refractivity contribution < 1.29 is 14.9 Å². The van der Waals surface area contributed by atoms with E-state index < -0.39 is 11.5 Å². The molecule has 0 amide bonds. The van der Waals surface area contributed by atoms with Gasteiger partial charge in [-0.1, -0.05) is 36.4 Å².